The van der Waals surface area contributed by atoms with E-state index in [9.17, 15) is 4.79 Å². The zero-order valence-electron chi connectivity index (χ0n) is 10.8. The second-order valence-electron chi connectivity index (χ2n) is 4.45. The van der Waals surface area contributed by atoms with Gasteiger partial charge in [0, 0.05) is 20.1 Å². The summed E-state index contributed by atoms with van der Waals surface area (Å²) in [5.41, 5.74) is 5.55. The molecule has 1 aliphatic rings. The first-order chi connectivity index (χ1) is 8.63. The highest BCUT2D eigenvalue weighted by atomic mass is 32.2. The van der Waals surface area contributed by atoms with Crippen molar-refractivity contribution in [3.05, 3.63) is 5.82 Å². The number of carbonyl (C=O) groups excluding carboxylic acids is 1. The summed E-state index contributed by atoms with van der Waals surface area (Å²) in [7, 11) is 1.87. The van der Waals surface area contributed by atoms with E-state index in [0.29, 0.717) is 6.54 Å². The summed E-state index contributed by atoms with van der Waals surface area (Å²) < 4.78 is 1.85. The lowest BCUT2D eigenvalue weighted by atomic mass is 10.4. The van der Waals surface area contributed by atoms with E-state index < -0.39 is 0 Å². The van der Waals surface area contributed by atoms with E-state index >= 15 is 0 Å². The normalized spacial score (nSPS) is 17.2. The van der Waals surface area contributed by atoms with Crippen LogP contribution in [-0.2, 0) is 18.4 Å². The van der Waals surface area contributed by atoms with Crippen molar-refractivity contribution in [2.75, 3.05) is 13.1 Å². The zero-order valence-corrected chi connectivity index (χ0v) is 11.6. The quantitative estimate of drug-likeness (QED) is 0.799. The SMILES string of the molecule is C[C@H](Sc1nnc(CN)n1C)C(=O)N1CCCC1. The van der Waals surface area contributed by atoms with E-state index in [0.717, 1.165) is 36.9 Å². The van der Waals surface area contributed by atoms with Crippen molar-refractivity contribution in [3.8, 4) is 0 Å². The molecule has 0 aliphatic carbocycles. The van der Waals surface area contributed by atoms with Crippen molar-refractivity contribution in [3.63, 3.8) is 0 Å². The number of thioether (sulfide) groups is 1. The average Bonchev–Trinajstić information content (AvgIpc) is 2.99. The van der Waals surface area contributed by atoms with E-state index in [4.69, 9.17) is 5.73 Å². The van der Waals surface area contributed by atoms with Gasteiger partial charge < -0.3 is 15.2 Å². The molecule has 1 aromatic rings. The lowest BCUT2D eigenvalue weighted by molar-refractivity contribution is -0.129. The highest BCUT2D eigenvalue weighted by molar-refractivity contribution is 8.00. The number of nitrogens with two attached hydrogens (primary N) is 1. The number of nitrogens with zero attached hydrogens (tertiary/aromatic N) is 4. The second-order valence-corrected chi connectivity index (χ2v) is 5.76. The molecule has 1 saturated heterocycles. The molecule has 1 fully saturated rings. The van der Waals surface area contributed by atoms with Gasteiger partial charge in [0.25, 0.3) is 0 Å². The van der Waals surface area contributed by atoms with Crippen molar-refractivity contribution in [1.82, 2.24) is 19.7 Å². The van der Waals surface area contributed by atoms with Gasteiger partial charge in [-0.05, 0) is 19.8 Å². The summed E-state index contributed by atoms with van der Waals surface area (Å²) in [6, 6.07) is 0. The number of likely N-dealkylation sites (tertiary alicyclic amines) is 1. The van der Waals surface area contributed by atoms with Crippen LogP contribution in [0.15, 0.2) is 5.16 Å². The molecule has 100 valence electrons. The van der Waals surface area contributed by atoms with Crippen molar-refractivity contribution in [2.24, 2.45) is 12.8 Å². The van der Waals surface area contributed by atoms with Gasteiger partial charge in [0.15, 0.2) is 5.16 Å². The highest BCUT2D eigenvalue weighted by Gasteiger charge is 2.25. The molecule has 2 rings (SSSR count). The first-order valence-electron chi connectivity index (χ1n) is 6.17. The molecule has 2 N–H and O–H groups in total. The van der Waals surface area contributed by atoms with Gasteiger partial charge in [0.2, 0.25) is 5.91 Å². The van der Waals surface area contributed by atoms with Gasteiger partial charge in [0.05, 0.1) is 11.8 Å². The largest absolute Gasteiger partial charge is 0.342 e. The number of rotatable bonds is 4. The molecule has 0 aromatic carbocycles. The number of carbonyl (C=O) groups is 1. The molecule has 6 nitrogen and oxygen atoms in total. The molecule has 18 heavy (non-hydrogen) atoms. The molecule has 1 aliphatic heterocycles. The zero-order chi connectivity index (χ0) is 13.1. The standard InChI is InChI=1S/C11H19N5OS/c1-8(10(17)16-5-3-4-6-16)18-11-14-13-9(7-12)15(11)2/h8H,3-7,12H2,1-2H3/t8-/m0/s1. The van der Waals surface area contributed by atoms with Gasteiger partial charge in [-0.2, -0.15) is 0 Å². The van der Waals surface area contributed by atoms with Gasteiger partial charge in [-0.1, -0.05) is 11.8 Å². The monoisotopic (exact) mass is 269 g/mol. The van der Waals surface area contributed by atoms with Crippen molar-refractivity contribution in [1.29, 1.82) is 0 Å². The van der Waals surface area contributed by atoms with Crippen LogP contribution in [0.1, 0.15) is 25.6 Å². The Kier molecular flexibility index (Phi) is 4.23. The maximum absolute atomic E-state index is 12.2. The topological polar surface area (TPSA) is 77.0 Å². The van der Waals surface area contributed by atoms with Gasteiger partial charge >= 0.3 is 0 Å². The average molecular weight is 269 g/mol. The smallest absolute Gasteiger partial charge is 0.235 e. The minimum Gasteiger partial charge on any atom is -0.342 e. The Balaban J connectivity index is 1.99. The number of hydrogen-bond donors (Lipinski definition) is 1. The Labute approximate surface area is 111 Å². The summed E-state index contributed by atoms with van der Waals surface area (Å²) >= 11 is 1.44. The third kappa shape index (κ3) is 2.67. The molecule has 0 spiro atoms. The third-order valence-corrected chi connectivity index (χ3v) is 4.28. The molecule has 0 saturated carbocycles. The van der Waals surface area contributed by atoms with Crippen molar-refractivity contribution < 1.29 is 4.79 Å². The minimum absolute atomic E-state index is 0.128. The van der Waals surface area contributed by atoms with Crippen LogP contribution in [0.4, 0.5) is 0 Å². The molecule has 2 heterocycles. The molecular formula is C11H19N5OS. The van der Waals surface area contributed by atoms with Crippen LogP contribution in [0.3, 0.4) is 0 Å². The van der Waals surface area contributed by atoms with Crippen LogP contribution in [-0.4, -0.2) is 43.9 Å². The van der Waals surface area contributed by atoms with Crippen LogP contribution in [0.5, 0.6) is 0 Å². The molecule has 1 amide bonds. The first-order valence-corrected chi connectivity index (χ1v) is 7.05. The fourth-order valence-corrected chi connectivity index (χ4v) is 2.95. The Morgan fingerprint density at radius 3 is 2.67 bits per heavy atom. The van der Waals surface area contributed by atoms with E-state index in [-0.39, 0.29) is 11.2 Å². The lowest BCUT2D eigenvalue weighted by Crippen LogP contribution is -2.34. The summed E-state index contributed by atoms with van der Waals surface area (Å²) in [5.74, 6) is 0.924. The van der Waals surface area contributed by atoms with Crippen LogP contribution in [0, 0.1) is 0 Å². The van der Waals surface area contributed by atoms with Gasteiger partial charge in [-0.15, -0.1) is 10.2 Å². The Bertz CT molecular complexity index is 427. The summed E-state index contributed by atoms with van der Waals surface area (Å²) in [6.45, 7) is 4.05. The Morgan fingerprint density at radius 2 is 2.11 bits per heavy atom. The van der Waals surface area contributed by atoms with Crippen molar-refractivity contribution in [2.45, 2.75) is 36.7 Å². The van der Waals surface area contributed by atoms with Gasteiger partial charge in [-0.3, -0.25) is 4.79 Å². The lowest BCUT2D eigenvalue weighted by Gasteiger charge is -2.19. The molecule has 0 radical (unpaired) electrons. The van der Waals surface area contributed by atoms with E-state index in [1.54, 1.807) is 0 Å². The van der Waals surface area contributed by atoms with Crippen LogP contribution in [0.25, 0.3) is 0 Å². The molecule has 1 aromatic heterocycles. The fourth-order valence-electron chi connectivity index (χ4n) is 2.03. The summed E-state index contributed by atoms with van der Waals surface area (Å²) in [4.78, 5) is 14.1. The molecule has 1 atom stereocenters. The Hall–Kier alpha value is -1.08. The molecular weight excluding hydrogens is 250 g/mol. The van der Waals surface area contributed by atoms with Crippen LogP contribution >= 0.6 is 11.8 Å². The molecule has 0 unspecified atom stereocenters. The maximum Gasteiger partial charge on any atom is 0.235 e. The van der Waals surface area contributed by atoms with Gasteiger partial charge in [-0.25, -0.2) is 0 Å². The predicted molar refractivity (Wildman–Crippen MR) is 70.0 cm³/mol. The van der Waals surface area contributed by atoms with Crippen LogP contribution in [0.2, 0.25) is 0 Å². The molecule has 7 heteroatoms. The van der Waals surface area contributed by atoms with Crippen LogP contribution < -0.4 is 5.73 Å². The number of aromatic nitrogens is 3. The Morgan fingerprint density at radius 1 is 1.44 bits per heavy atom. The van der Waals surface area contributed by atoms with E-state index in [1.807, 2.05) is 23.4 Å². The third-order valence-electron chi connectivity index (χ3n) is 3.16. The molecule has 0 bridgehead atoms. The fraction of sp³-hybridized carbons (Fsp3) is 0.727. The maximum atomic E-state index is 12.2. The van der Waals surface area contributed by atoms with E-state index in [2.05, 4.69) is 10.2 Å². The van der Waals surface area contributed by atoms with Gasteiger partial charge in [0.1, 0.15) is 5.82 Å². The van der Waals surface area contributed by atoms with E-state index in [1.165, 1.54) is 11.8 Å². The summed E-state index contributed by atoms with van der Waals surface area (Å²) in [6.07, 6.45) is 2.23. The second kappa shape index (κ2) is 5.71. The number of amides is 1. The minimum atomic E-state index is -0.128. The van der Waals surface area contributed by atoms with Crippen molar-refractivity contribution >= 4 is 17.7 Å². The number of hydrogen-bond acceptors (Lipinski definition) is 5. The predicted octanol–water partition coefficient (Wildman–Crippen LogP) is 0.377. The summed E-state index contributed by atoms with van der Waals surface area (Å²) in [5, 5.41) is 8.66. The highest BCUT2D eigenvalue weighted by Crippen LogP contribution is 2.24. The first kappa shape index (κ1) is 13.4.